The molecule has 0 bridgehead atoms. The molecule has 3 nitrogen and oxygen atoms in total. The molecule has 2 aromatic rings. The Bertz CT molecular complexity index is 578. The van der Waals surface area contributed by atoms with Gasteiger partial charge in [0.15, 0.2) is 0 Å². The van der Waals surface area contributed by atoms with Crippen LogP contribution in [0.15, 0.2) is 22.7 Å². The van der Waals surface area contributed by atoms with Crippen LogP contribution in [0.25, 0.3) is 11.0 Å². The maximum atomic E-state index is 6.03. The second-order valence-electron chi connectivity index (χ2n) is 4.89. The van der Waals surface area contributed by atoms with E-state index in [1.54, 1.807) is 0 Å². The number of imidazole rings is 1. The SMILES string of the molecule is ClCc1nc2ccc(Br)cc2n1CC1CCCCO1. The van der Waals surface area contributed by atoms with Gasteiger partial charge in [0.05, 0.1) is 29.6 Å². The average Bonchev–Trinajstić information content (AvgIpc) is 2.78. The van der Waals surface area contributed by atoms with Gasteiger partial charge in [0.1, 0.15) is 5.82 Å². The molecular weight excluding hydrogens is 328 g/mol. The minimum absolute atomic E-state index is 0.284. The molecule has 1 fully saturated rings. The number of hydrogen-bond donors (Lipinski definition) is 0. The van der Waals surface area contributed by atoms with Crippen molar-refractivity contribution in [3.63, 3.8) is 0 Å². The van der Waals surface area contributed by atoms with Gasteiger partial charge in [-0.05, 0) is 37.5 Å². The number of nitrogens with zero attached hydrogens (tertiary/aromatic N) is 2. The Hall–Kier alpha value is -0.580. The molecule has 1 atom stereocenters. The summed E-state index contributed by atoms with van der Waals surface area (Å²) in [6, 6.07) is 6.13. The first-order valence-electron chi connectivity index (χ1n) is 6.60. The summed E-state index contributed by atoms with van der Waals surface area (Å²) in [5.74, 6) is 1.35. The van der Waals surface area contributed by atoms with Gasteiger partial charge in [-0.3, -0.25) is 0 Å². The van der Waals surface area contributed by atoms with Crippen LogP contribution in [0.5, 0.6) is 0 Å². The number of ether oxygens (including phenoxy) is 1. The number of halogens is 2. The van der Waals surface area contributed by atoms with E-state index in [4.69, 9.17) is 16.3 Å². The topological polar surface area (TPSA) is 27.1 Å². The summed E-state index contributed by atoms with van der Waals surface area (Å²) in [5, 5.41) is 0. The van der Waals surface area contributed by atoms with Gasteiger partial charge in [-0.15, -0.1) is 11.6 Å². The van der Waals surface area contributed by atoms with Crippen LogP contribution in [0.3, 0.4) is 0 Å². The molecule has 1 aliphatic heterocycles. The molecule has 1 saturated heterocycles. The zero-order valence-corrected chi connectivity index (χ0v) is 13.0. The van der Waals surface area contributed by atoms with Crippen LogP contribution in [0.4, 0.5) is 0 Å². The van der Waals surface area contributed by atoms with Crippen LogP contribution in [-0.2, 0) is 17.2 Å². The molecule has 0 saturated carbocycles. The van der Waals surface area contributed by atoms with Crippen molar-refractivity contribution in [2.45, 2.75) is 37.8 Å². The van der Waals surface area contributed by atoms with Crippen LogP contribution in [-0.4, -0.2) is 22.3 Å². The molecule has 5 heteroatoms. The Balaban J connectivity index is 1.97. The van der Waals surface area contributed by atoms with Crippen LogP contribution in [0, 0.1) is 0 Å². The molecule has 1 aromatic carbocycles. The summed E-state index contributed by atoms with van der Waals surface area (Å²) in [5.41, 5.74) is 2.12. The molecule has 0 radical (unpaired) electrons. The minimum Gasteiger partial charge on any atom is -0.376 e. The highest BCUT2D eigenvalue weighted by Crippen LogP contribution is 2.24. The fraction of sp³-hybridized carbons (Fsp3) is 0.500. The molecule has 19 heavy (non-hydrogen) atoms. The average molecular weight is 344 g/mol. The molecule has 1 aromatic heterocycles. The van der Waals surface area contributed by atoms with Crippen molar-refractivity contribution < 1.29 is 4.74 Å². The highest BCUT2D eigenvalue weighted by atomic mass is 79.9. The lowest BCUT2D eigenvalue weighted by Gasteiger charge is -2.23. The molecule has 1 unspecified atom stereocenters. The lowest BCUT2D eigenvalue weighted by Crippen LogP contribution is -2.25. The van der Waals surface area contributed by atoms with Crippen molar-refractivity contribution in [2.75, 3.05) is 6.61 Å². The number of rotatable bonds is 3. The monoisotopic (exact) mass is 342 g/mol. The van der Waals surface area contributed by atoms with Gasteiger partial charge < -0.3 is 9.30 Å². The largest absolute Gasteiger partial charge is 0.376 e. The predicted molar refractivity (Wildman–Crippen MR) is 80.6 cm³/mol. The van der Waals surface area contributed by atoms with Gasteiger partial charge in [0, 0.05) is 11.1 Å². The Morgan fingerprint density at radius 3 is 3.05 bits per heavy atom. The molecular formula is C14H16BrClN2O. The molecule has 102 valence electrons. The fourth-order valence-corrected chi connectivity index (χ4v) is 3.16. The van der Waals surface area contributed by atoms with Crippen molar-refractivity contribution in [3.8, 4) is 0 Å². The molecule has 0 aliphatic carbocycles. The first-order chi connectivity index (χ1) is 9.28. The van der Waals surface area contributed by atoms with Gasteiger partial charge in [-0.2, -0.15) is 0 Å². The summed E-state index contributed by atoms with van der Waals surface area (Å²) >= 11 is 9.54. The second-order valence-corrected chi connectivity index (χ2v) is 6.08. The third kappa shape index (κ3) is 2.81. The van der Waals surface area contributed by atoms with Crippen molar-refractivity contribution in [1.29, 1.82) is 0 Å². The number of benzene rings is 1. The molecule has 0 spiro atoms. The first-order valence-corrected chi connectivity index (χ1v) is 7.93. The summed E-state index contributed by atoms with van der Waals surface area (Å²) in [4.78, 5) is 4.59. The van der Waals surface area contributed by atoms with Crippen LogP contribution < -0.4 is 0 Å². The van der Waals surface area contributed by atoms with Gasteiger partial charge in [-0.25, -0.2) is 4.98 Å². The summed E-state index contributed by atoms with van der Waals surface area (Å²) < 4.78 is 9.09. The first kappa shape index (κ1) is 13.4. The molecule has 2 heterocycles. The van der Waals surface area contributed by atoms with Crippen LogP contribution in [0.1, 0.15) is 25.1 Å². The van der Waals surface area contributed by atoms with Crippen molar-refractivity contribution in [2.24, 2.45) is 0 Å². The molecule has 1 aliphatic rings. The van der Waals surface area contributed by atoms with E-state index in [-0.39, 0.29) is 6.10 Å². The zero-order valence-electron chi connectivity index (χ0n) is 10.6. The Morgan fingerprint density at radius 1 is 1.42 bits per heavy atom. The van der Waals surface area contributed by atoms with Crippen LogP contribution >= 0.6 is 27.5 Å². The minimum atomic E-state index is 0.284. The van der Waals surface area contributed by atoms with E-state index in [1.807, 2.05) is 12.1 Å². The highest BCUT2D eigenvalue weighted by Gasteiger charge is 2.18. The molecule has 0 N–H and O–H groups in total. The van der Waals surface area contributed by atoms with Gasteiger partial charge in [0.25, 0.3) is 0 Å². The predicted octanol–water partition coefficient (Wildman–Crippen LogP) is 4.11. The number of alkyl halides is 1. The van der Waals surface area contributed by atoms with E-state index in [0.29, 0.717) is 5.88 Å². The molecule has 3 rings (SSSR count). The Morgan fingerprint density at radius 2 is 2.32 bits per heavy atom. The Kier molecular flexibility index (Phi) is 4.10. The van der Waals surface area contributed by atoms with E-state index in [0.717, 1.165) is 40.9 Å². The van der Waals surface area contributed by atoms with E-state index in [2.05, 4.69) is 31.5 Å². The quantitative estimate of drug-likeness (QED) is 0.784. The molecule has 0 amide bonds. The maximum absolute atomic E-state index is 6.03. The number of aromatic nitrogens is 2. The van der Waals surface area contributed by atoms with Gasteiger partial charge in [0.2, 0.25) is 0 Å². The van der Waals surface area contributed by atoms with E-state index >= 15 is 0 Å². The van der Waals surface area contributed by atoms with E-state index < -0.39 is 0 Å². The van der Waals surface area contributed by atoms with Gasteiger partial charge >= 0.3 is 0 Å². The number of hydrogen-bond acceptors (Lipinski definition) is 2. The standard InChI is InChI=1S/C14H16BrClN2O/c15-10-4-5-12-13(7-10)18(14(8-16)17-12)9-11-3-1-2-6-19-11/h4-5,7,11H,1-3,6,8-9H2. The lowest BCUT2D eigenvalue weighted by atomic mass is 10.1. The fourth-order valence-electron chi connectivity index (χ4n) is 2.61. The zero-order chi connectivity index (χ0) is 13.2. The van der Waals surface area contributed by atoms with Gasteiger partial charge in [-0.1, -0.05) is 15.9 Å². The lowest BCUT2D eigenvalue weighted by molar-refractivity contribution is 0.00627. The van der Waals surface area contributed by atoms with Crippen molar-refractivity contribution >= 4 is 38.6 Å². The third-order valence-electron chi connectivity index (χ3n) is 3.57. The second kappa shape index (κ2) is 5.81. The summed E-state index contributed by atoms with van der Waals surface area (Å²) in [6.45, 7) is 1.71. The van der Waals surface area contributed by atoms with Crippen LogP contribution in [0.2, 0.25) is 0 Å². The van der Waals surface area contributed by atoms with E-state index in [1.165, 1.54) is 12.8 Å². The summed E-state index contributed by atoms with van der Waals surface area (Å²) in [7, 11) is 0. The normalized spacial score (nSPS) is 20.0. The maximum Gasteiger partial charge on any atom is 0.124 e. The highest BCUT2D eigenvalue weighted by molar-refractivity contribution is 9.10. The smallest absolute Gasteiger partial charge is 0.124 e. The van der Waals surface area contributed by atoms with Crippen molar-refractivity contribution in [3.05, 3.63) is 28.5 Å². The van der Waals surface area contributed by atoms with Crippen molar-refractivity contribution in [1.82, 2.24) is 9.55 Å². The third-order valence-corrected chi connectivity index (χ3v) is 4.30. The summed E-state index contributed by atoms with van der Waals surface area (Å²) in [6.07, 6.45) is 3.83. The number of fused-ring (bicyclic) bond motifs is 1. The Labute approximate surface area is 126 Å². The van der Waals surface area contributed by atoms with E-state index in [9.17, 15) is 0 Å².